The van der Waals surface area contributed by atoms with E-state index in [0.717, 1.165) is 16.9 Å². The van der Waals surface area contributed by atoms with E-state index in [1.807, 2.05) is 14.0 Å². The number of fused-ring (bicyclic) bond motifs is 1. The third kappa shape index (κ3) is 1.93. The van der Waals surface area contributed by atoms with Crippen molar-refractivity contribution in [2.24, 2.45) is 0 Å². The van der Waals surface area contributed by atoms with E-state index in [0.29, 0.717) is 21.8 Å². The Kier molecular flexibility index (Phi) is 3.44. The zero-order chi connectivity index (χ0) is 13.4. The summed E-state index contributed by atoms with van der Waals surface area (Å²) < 4.78 is 13.8. The van der Waals surface area contributed by atoms with Gasteiger partial charge in [0.25, 0.3) is 0 Å². The van der Waals surface area contributed by atoms with Gasteiger partial charge in [-0.2, -0.15) is 0 Å². The molecule has 1 N–H and O–H groups in total. The van der Waals surface area contributed by atoms with Gasteiger partial charge in [-0.25, -0.2) is 9.37 Å². The van der Waals surface area contributed by atoms with Gasteiger partial charge >= 0.3 is 0 Å². The third-order valence-electron chi connectivity index (χ3n) is 3.09. The molecule has 0 saturated heterocycles. The molecule has 0 radical (unpaired) electrons. The number of anilines is 1. The number of nitrogens with zero attached hydrogens (tertiary/aromatic N) is 1. The smallest absolute Gasteiger partial charge is 0.149 e. The largest absolute Gasteiger partial charge is 0.387 e. The van der Waals surface area contributed by atoms with Crippen molar-refractivity contribution in [3.8, 4) is 0 Å². The van der Waals surface area contributed by atoms with Gasteiger partial charge in [0, 0.05) is 18.1 Å². The van der Waals surface area contributed by atoms with Gasteiger partial charge in [0.15, 0.2) is 0 Å². The second-order valence-electron chi connectivity index (χ2n) is 4.64. The second-order valence-corrected chi connectivity index (χ2v) is 5.05. The van der Waals surface area contributed by atoms with Crippen LogP contribution in [0.1, 0.15) is 31.0 Å². The van der Waals surface area contributed by atoms with Crippen LogP contribution in [-0.4, -0.2) is 12.0 Å². The van der Waals surface area contributed by atoms with Crippen LogP contribution >= 0.6 is 11.6 Å². The molecular weight excluding hydrogens is 251 g/mol. The lowest BCUT2D eigenvalue weighted by molar-refractivity contribution is 0.636. The molecule has 2 aromatic rings. The Labute approximate surface area is 111 Å². The van der Waals surface area contributed by atoms with Crippen molar-refractivity contribution in [2.45, 2.75) is 26.7 Å². The molecule has 4 heteroatoms. The van der Waals surface area contributed by atoms with Gasteiger partial charge < -0.3 is 5.32 Å². The number of aromatic nitrogens is 1. The first-order valence-corrected chi connectivity index (χ1v) is 6.31. The molecule has 1 heterocycles. The molecule has 0 saturated carbocycles. The van der Waals surface area contributed by atoms with Gasteiger partial charge in [-0.1, -0.05) is 25.4 Å². The van der Waals surface area contributed by atoms with Gasteiger partial charge in [0.05, 0.1) is 10.7 Å². The summed E-state index contributed by atoms with van der Waals surface area (Å²) in [7, 11) is 1.82. The monoisotopic (exact) mass is 266 g/mol. The van der Waals surface area contributed by atoms with Crippen LogP contribution in [0, 0.1) is 12.7 Å². The highest BCUT2D eigenvalue weighted by Crippen LogP contribution is 2.37. The predicted molar refractivity (Wildman–Crippen MR) is 75.1 cm³/mol. The van der Waals surface area contributed by atoms with E-state index >= 15 is 0 Å². The van der Waals surface area contributed by atoms with E-state index < -0.39 is 0 Å². The van der Waals surface area contributed by atoms with E-state index in [9.17, 15) is 4.39 Å². The lowest BCUT2D eigenvalue weighted by Gasteiger charge is -2.18. The normalized spacial score (nSPS) is 11.3. The van der Waals surface area contributed by atoms with Crippen molar-refractivity contribution >= 4 is 28.2 Å². The van der Waals surface area contributed by atoms with Gasteiger partial charge in [0.2, 0.25) is 0 Å². The average molecular weight is 267 g/mol. The van der Waals surface area contributed by atoms with E-state index in [4.69, 9.17) is 11.6 Å². The summed E-state index contributed by atoms with van der Waals surface area (Å²) in [6, 6.07) is 2.92. The minimum Gasteiger partial charge on any atom is -0.387 e. The number of nitrogens with one attached hydrogen (secondary N) is 1. The van der Waals surface area contributed by atoms with Crippen LogP contribution in [0.5, 0.6) is 0 Å². The number of hydrogen-bond acceptors (Lipinski definition) is 2. The fourth-order valence-corrected chi connectivity index (χ4v) is 2.64. The highest BCUT2D eigenvalue weighted by molar-refractivity contribution is 6.36. The first-order chi connectivity index (χ1) is 8.47. The molecule has 2 rings (SSSR count). The summed E-state index contributed by atoms with van der Waals surface area (Å²) in [6.45, 7) is 6.07. The van der Waals surface area contributed by atoms with Crippen molar-refractivity contribution in [3.05, 3.63) is 34.2 Å². The topological polar surface area (TPSA) is 24.9 Å². The molecule has 0 unspecified atom stereocenters. The zero-order valence-electron chi connectivity index (χ0n) is 10.9. The number of pyridine rings is 1. The molecule has 2 nitrogen and oxygen atoms in total. The second kappa shape index (κ2) is 4.73. The van der Waals surface area contributed by atoms with Crippen LogP contribution in [0.25, 0.3) is 10.9 Å². The summed E-state index contributed by atoms with van der Waals surface area (Å²) in [5.74, 6) is -0.0482. The number of hydrogen-bond donors (Lipinski definition) is 1. The first kappa shape index (κ1) is 13.1. The Bertz CT molecular complexity index is 609. The first-order valence-electron chi connectivity index (χ1n) is 5.93. The summed E-state index contributed by atoms with van der Waals surface area (Å²) in [6.07, 6.45) is 0. The van der Waals surface area contributed by atoms with E-state index in [1.54, 1.807) is 6.07 Å². The number of halogens is 2. The summed E-state index contributed by atoms with van der Waals surface area (Å²) in [4.78, 5) is 4.37. The molecule has 0 aliphatic heterocycles. The molecular formula is C14H16ClFN2. The van der Waals surface area contributed by atoms with Crippen LogP contribution in [0.15, 0.2) is 12.1 Å². The lowest BCUT2D eigenvalue weighted by atomic mass is 9.96. The van der Waals surface area contributed by atoms with Gasteiger partial charge in [-0.3, -0.25) is 0 Å². The quantitative estimate of drug-likeness (QED) is 0.866. The van der Waals surface area contributed by atoms with E-state index in [1.165, 1.54) is 6.07 Å². The number of aryl methyl sites for hydroxylation is 1. The summed E-state index contributed by atoms with van der Waals surface area (Å²) in [5, 5.41) is 4.32. The van der Waals surface area contributed by atoms with Crippen molar-refractivity contribution in [2.75, 3.05) is 12.4 Å². The Balaban J connectivity index is 2.99. The van der Waals surface area contributed by atoms with Crippen LogP contribution in [0.3, 0.4) is 0 Å². The maximum atomic E-state index is 13.8. The highest BCUT2D eigenvalue weighted by atomic mass is 35.5. The molecule has 0 bridgehead atoms. The van der Waals surface area contributed by atoms with Gasteiger partial charge in [-0.15, -0.1) is 0 Å². The molecule has 0 atom stereocenters. The van der Waals surface area contributed by atoms with Crippen molar-refractivity contribution in [3.63, 3.8) is 0 Å². The predicted octanol–water partition coefficient (Wildman–Crippen LogP) is 4.50. The van der Waals surface area contributed by atoms with Crippen LogP contribution in [-0.2, 0) is 0 Å². The SMILES string of the molecule is CNc1c(C(C)C)c(C)nc2c(F)ccc(Cl)c12. The van der Waals surface area contributed by atoms with Gasteiger partial charge in [-0.05, 0) is 30.5 Å². The standard InChI is InChI=1S/C14H16ClFN2/c1-7(2)11-8(3)18-13-10(16)6-5-9(15)12(13)14(11)17-4/h5-7H,1-4H3,(H,17,18). The minimum atomic E-state index is -0.343. The maximum absolute atomic E-state index is 13.8. The summed E-state index contributed by atoms with van der Waals surface area (Å²) >= 11 is 6.20. The molecule has 0 aliphatic carbocycles. The Morgan fingerprint density at radius 1 is 1.33 bits per heavy atom. The van der Waals surface area contributed by atoms with E-state index in [-0.39, 0.29) is 5.82 Å². The molecule has 0 amide bonds. The zero-order valence-corrected chi connectivity index (χ0v) is 11.7. The van der Waals surface area contributed by atoms with Crippen LogP contribution in [0.2, 0.25) is 5.02 Å². The highest BCUT2D eigenvalue weighted by Gasteiger charge is 2.18. The Hall–Kier alpha value is -1.35. The molecule has 0 spiro atoms. The maximum Gasteiger partial charge on any atom is 0.149 e. The fraction of sp³-hybridized carbons (Fsp3) is 0.357. The molecule has 0 fully saturated rings. The molecule has 96 valence electrons. The molecule has 0 aliphatic rings. The van der Waals surface area contributed by atoms with Crippen LogP contribution < -0.4 is 5.32 Å². The molecule has 18 heavy (non-hydrogen) atoms. The minimum absolute atomic E-state index is 0.295. The Morgan fingerprint density at radius 2 is 2.00 bits per heavy atom. The van der Waals surface area contributed by atoms with Crippen molar-refractivity contribution in [1.29, 1.82) is 0 Å². The lowest BCUT2D eigenvalue weighted by Crippen LogP contribution is -2.05. The fourth-order valence-electron chi connectivity index (χ4n) is 2.40. The Morgan fingerprint density at radius 3 is 2.56 bits per heavy atom. The summed E-state index contributed by atoms with van der Waals surface area (Å²) in [5.41, 5.74) is 3.12. The number of benzene rings is 1. The van der Waals surface area contributed by atoms with Gasteiger partial charge in [0.1, 0.15) is 11.3 Å². The van der Waals surface area contributed by atoms with E-state index in [2.05, 4.69) is 24.1 Å². The molecule has 1 aromatic carbocycles. The van der Waals surface area contributed by atoms with Crippen molar-refractivity contribution < 1.29 is 4.39 Å². The third-order valence-corrected chi connectivity index (χ3v) is 3.41. The van der Waals surface area contributed by atoms with Crippen LogP contribution in [0.4, 0.5) is 10.1 Å². The number of rotatable bonds is 2. The molecule has 1 aromatic heterocycles. The van der Waals surface area contributed by atoms with Crippen molar-refractivity contribution in [1.82, 2.24) is 4.98 Å². The average Bonchev–Trinajstić information content (AvgIpc) is 2.32.